The first-order valence-corrected chi connectivity index (χ1v) is 7.34. The Morgan fingerprint density at radius 2 is 1.90 bits per heavy atom. The molecule has 1 aromatic carbocycles. The minimum atomic E-state index is -0.582. The number of amides is 2. The number of fused-ring (bicyclic) bond motifs is 1. The van der Waals surface area contributed by atoms with Gasteiger partial charge in [0, 0.05) is 12.0 Å². The Bertz CT molecular complexity index is 599. The molecule has 4 nitrogen and oxygen atoms in total. The van der Waals surface area contributed by atoms with Gasteiger partial charge in [0.15, 0.2) is 0 Å². The summed E-state index contributed by atoms with van der Waals surface area (Å²) in [6.07, 6.45) is 0.319. The van der Waals surface area contributed by atoms with Crippen molar-refractivity contribution in [3.05, 3.63) is 35.4 Å². The zero-order valence-corrected chi connectivity index (χ0v) is 13.0. The van der Waals surface area contributed by atoms with E-state index in [1.165, 1.54) is 10.5 Å². The number of benzene rings is 1. The number of likely N-dealkylation sites (tertiary alicyclic amines) is 1. The maximum absolute atomic E-state index is 12.3. The van der Waals surface area contributed by atoms with Crippen LogP contribution in [0.2, 0.25) is 0 Å². The first-order valence-electron chi connectivity index (χ1n) is 7.34. The number of hydrogen-bond acceptors (Lipinski definition) is 3. The van der Waals surface area contributed by atoms with Gasteiger partial charge in [-0.25, -0.2) is 9.69 Å². The highest BCUT2D eigenvalue weighted by atomic mass is 16.6. The van der Waals surface area contributed by atoms with Gasteiger partial charge in [-0.05, 0) is 39.7 Å². The molecule has 2 fully saturated rings. The fourth-order valence-corrected chi connectivity index (χ4v) is 3.12. The van der Waals surface area contributed by atoms with Crippen LogP contribution in [0.5, 0.6) is 0 Å². The summed E-state index contributed by atoms with van der Waals surface area (Å²) < 4.78 is 5.33. The molecule has 2 aliphatic rings. The maximum atomic E-state index is 12.3. The minimum Gasteiger partial charge on any atom is -0.443 e. The number of aryl methyl sites for hydroxylation is 1. The molecule has 0 radical (unpaired) electrons. The SMILES string of the molecule is Cc1ccc([C@@]23CC2C(=O)N(C(=O)OC(C)(C)C)C3)cc1. The van der Waals surface area contributed by atoms with Gasteiger partial charge < -0.3 is 4.74 Å². The van der Waals surface area contributed by atoms with Crippen LogP contribution in [0.3, 0.4) is 0 Å². The summed E-state index contributed by atoms with van der Waals surface area (Å²) in [5.74, 6) is -0.155. The van der Waals surface area contributed by atoms with Crippen LogP contribution in [0, 0.1) is 12.8 Å². The fourth-order valence-electron chi connectivity index (χ4n) is 3.12. The first-order chi connectivity index (χ1) is 9.73. The molecule has 2 atom stereocenters. The number of piperidine rings is 1. The molecule has 0 aromatic heterocycles. The second-order valence-electron chi connectivity index (χ2n) is 7.18. The summed E-state index contributed by atoms with van der Waals surface area (Å²) in [6.45, 7) is 7.90. The standard InChI is InChI=1S/C17H21NO3/c1-11-5-7-12(8-6-11)17-9-13(17)14(19)18(10-17)15(20)21-16(2,3)4/h5-8,13H,9-10H2,1-4H3/t13?,17-/m0/s1. The van der Waals surface area contributed by atoms with E-state index in [0.717, 1.165) is 12.0 Å². The van der Waals surface area contributed by atoms with Crippen molar-refractivity contribution in [1.82, 2.24) is 4.90 Å². The highest BCUT2D eigenvalue weighted by Gasteiger charge is 2.67. The third-order valence-corrected chi connectivity index (χ3v) is 4.32. The van der Waals surface area contributed by atoms with Gasteiger partial charge in [-0.1, -0.05) is 29.8 Å². The molecule has 0 N–H and O–H groups in total. The molecular formula is C17H21NO3. The topological polar surface area (TPSA) is 46.6 Å². The van der Waals surface area contributed by atoms with Gasteiger partial charge in [0.1, 0.15) is 5.60 Å². The molecule has 3 rings (SSSR count). The van der Waals surface area contributed by atoms with Gasteiger partial charge in [0.05, 0.1) is 5.92 Å². The van der Waals surface area contributed by atoms with Crippen LogP contribution in [-0.2, 0) is 14.9 Å². The lowest BCUT2D eigenvalue weighted by Crippen LogP contribution is -2.40. The van der Waals surface area contributed by atoms with E-state index in [4.69, 9.17) is 4.74 Å². The molecule has 1 unspecified atom stereocenters. The number of carbonyl (C=O) groups is 2. The van der Waals surface area contributed by atoms with Crippen LogP contribution in [0.15, 0.2) is 24.3 Å². The zero-order valence-electron chi connectivity index (χ0n) is 13.0. The normalized spacial score (nSPS) is 27.5. The van der Waals surface area contributed by atoms with Crippen molar-refractivity contribution in [2.75, 3.05) is 6.54 Å². The third-order valence-electron chi connectivity index (χ3n) is 4.32. The van der Waals surface area contributed by atoms with E-state index in [1.807, 2.05) is 27.7 Å². The van der Waals surface area contributed by atoms with Crippen LogP contribution in [-0.4, -0.2) is 29.0 Å². The van der Waals surface area contributed by atoms with Crippen LogP contribution in [0.1, 0.15) is 38.3 Å². The monoisotopic (exact) mass is 287 g/mol. The van der Waals surface area contributed by atoms with Crippen molar-refractivity contribution in [2.45, 2.75) is 45.1 Å². The lowest BCUT2D eigenvalue weighted by Gasteiger charge is -2.25. The molecule has 2 amide bonds. The number of imide groups is 1. The molecule has 1 aromatic rings. The minimum absolute atomic E-state index is 0.0623. The van der Waals surface area contributed by atoms with Gasteiger partial charge >= 0.3 is 6.09 Å². The molecule has 1 saturated carbocycles. The second-order valence-corrected chi connectivity index (χ2v) is 7.18. The summed E-state index contributed by atoms with van der Waals surface area (Å²) in [7, 11) is 0. The third kappa shape index (κ3) is 2.33. The molecule has 112 valence electrons. The molecule has 0 spiro atoms. The van der Waals surface area contributed by atoms with E-state index in [-0.39, 0.29) is 17.2 Å². The first kappa shape index (κ1) is 14.1. The van der Waals surface area contributed by atoms with Gasteiger partial charge in [-0.15, -0.1) is 0 Å². The highest BCUT2D eigenvalue weighted by molar-refractivity contribution is 5.99. The number of nitrogens with zero attached hydrogens (tertiary/aromatic N) is 1. The van der Waals surface area contributed by atoms with Crippen LogP contribution in [0.4, 0.5) is 4.79 Å². The zero-order chi connectivity index (χ0) is 15.4. The molecule has 1 aliphatic heterocycles. The smallest absolute Gasteiger partial charge is 0.417 e. The number of hydrogen-bond donors (Lipinski definition) is 0. The Morgan fingerprint density at radius 1 is 1.29 bits per heavy atom. The highest BCUT2D eigenvalue weighted by Crippen LogP contribution is 2.59. The molecule has 4 heteroatoms. The molecule has 1 saturated heterocycles. The Hall–Kier alpha value is -1.84. The number of rotatable bonds is 1. The lowest BCUT2D eigenvalue weighted by molar-refractivity contribution is -0.129. The second kappa shape index (κ2) is 4.33. The quantitative estimate of drug-likeness (QED) is 0.797. The van der Waals surface area contributed by atoms with E-state index >= 15 is 0 Å². The lowest BCUT2D eigenvalue weighted by atomic mass is 9.94. The molecule has 1 aliphatic carbocycles. The Labute approximate surface area is 125 Å². The van der Waals surface area contributed by atoms with Crippen LogP contribution < -0.4 is 0 Å². The largest absolute Gasteiger partial charge is 0.443 e. The maximum Gasteiger partial charge on any atom is 0.417 e. The van der Waals surface area contributed by atoms with E-state index in [0.29, 0.717) is 6.54 Å². The fraction of sp³-hybridized carbons (Fsp3) is 0.529. The average Bonchev–Trinajstić information content (AvgIpc) is 3.03. The summed E-state index contributed by atoms with van der Waals surface area (Å²) in [5.41, 5.74) is 1.58. The Kier molecular flexibility index (Phi) is 2.91. The van der Waals surface area contributed by atoms with Crippen molar-refractivity contribution in [2.24, 2.45) is 5.92 Å². The van der Waals surface area contributed by atoms with Gasteiger partial charge in [-0.2, -0.15) is 0 Å². The molecule has 1 heterocycles. The van der Waals surface area contributed by atoms with Crippen molar-refractivity contribution >= 4 is 12.0 Å². The summed E-state index contributed by atoms with van der Waals surface area (Å²) in [6, 6.07) is 8.25. The van der Waals surface area contributed by atoms with Gasteiger partial charge in [0.2, 0.25) is 5.91 Å². The van der Waals surface area contributed by atoms with Crippen LogP contribution >= 0.6 is 0 Å². The van der Waals surface area contributed by atoms with Gasteiger partial charge in [-0.3, -0.25) is 4.79 Å². The van der Waals surface area contributed by atoms with Crippen molar-refractivity contribution in [3.8, 4) is 0 Å². The molecule has 0 bridgehead atoms. The Morgan fingerprint density at radius 3 is 2.48 bits per heavy atom. The van der Waals surface area contributed by atoms with E-state index < -0.39 is 11.7 Å². The van der Waals surface area contributed by atoms with E-state index in [9.17, 15) is 9.59 Å². The molecule has 21 heavy (non-hydrogen) atoms. The Balaban J connectivity index is 1.80. The van der Waals surface area contributed by atoms with E-state index in [2.05, 4.69) is 24.3 Å². The predicted molar refractivity (Wildman–Crippen MR) is 78.9 cm³/mol. The predicted octanol–water partition coefficient (Wildman–Crippen LogP) is 3.03. The molecular weight excluding hydrogens is 266 g/mol. The van der Waals surface area contributed by atoms with E-state index in [1.54, 1.807) is 0 Å². The summed E-state index contributed by atoms with van der Waals surface area (Å²) in [5, 5.41) is 0. The average molecular weight is 287 g/mol. The number of carbonyl (C=O) groups excluding carboxylic acids is 2. The van der Waals surface area contributed by atoms with Gasteiger partial charge in [0.25, 0.3) is 0 Å². The summed E-state index contributed by atoms with van der Waals surface area (Å²) >= 11 is 0. The summed E-state index contributed by atoms with van der Waals surface area (Å²) in [4.78, 5) is 25.8. The number of ether oxygens (including phenoxy) is 1. The van der Waals surface area contributed by atoms with Crippen LogP contribution in [0.25, 0.3) is 0 Å². The van der Waals surface area contributed by atoms with Crippen molar-refractivity contribution in [3.63, 3.8) is 0 Å². The van der Waals surface area contributed by atoms with Crippen molar-refractivity contribution in [1.29, 1.82) is 0 Å². The van der Waals surface area contributed by atoms with Crippen molar-refractivity contribution < 1.29 is 14.3 Å².